The summed E-state index contributed by atoms with van der Waals surface area (Å²) in [6, 6.07) is 4.32. The molecule has 2 saturated heterocycles. The fourth-order valence-electron chi connectivity index (χ4n) is 3.24. The molecule has 6 heteroatoms. The van der Waals surface area contributed by atoms with Crippen molar-refractivity contribution in [3.63, 3.8) is 0 Å². The summed E-state index contributed by atoms with van der Waals surface area (Å²) < 4.78 is 7.69. The molecule has 1 unspecified atom stereocenters. The van der Waals surface area contributed by atoms with E-state index >= 15 is 0 Å². The molecule has 4 heterocycles. The highest BCUT2D eigenvalue weighted by Gasteiger charge is 2.21. The van der Waals surface area contributed by atoms with E-state index in [1.807, 2.05) is 0 Å². The summed E-state index contributed by atoms with van der Waals surface area (Å²) in [4.78, 5) is 2.40. The van der Waals surface area contributed by atoms with Gasteiger partial charge in [0.05, 0.1) is 6.61 Å². The van der Waals surface area contributed by atoms with Crippen LogP contribution in [0, 0.1) is 0 Å². The zero-order chi connectivity index (χ0) is 14.1. The second-order valence-corrected chi connectivity index (χ2v) is 5.82. The first-order valence-corrected chi connectivity index (χ1v) is 7.80. The summed E-state index contributed by atoms with van der Waals surface area (Å²) in [6.07, 6.45) is 4.36. The Morgan fingerprint density at radius 2 is 2.14 bits per heavy atom. The lowest BCUT2D eigenvalue weighted by molar-refractivity contribution is 0.0778. The molecule has 0 amide bonds. The molecule has 1 N–H and O–H groups in total. The average Bonchev–Trinajstić information content (AvgIpc) is 2.99. The SMILES string of the molecule is c1cn2c(C3CCCOC3)nnc2cc1N1CCNCC1. The highest BCUT2D eigenvalue weighted by atomic mass is 16.5. The van der Waals surface area contributed by atoms with E-state index in [-0.39, 0.29) is 0 Å². The Bertz CT molecular complexity index is 614. The van der Waals surface area contributed by atoms with Crippen LogP contribution in [0.5, 0.6) is 0 Å². The van der Waals surface area contributed by atoms with Crippen LogP contribution in [0.3, 0.4) is 0 Å². The van der Waals surface area contributed by atoms with Gasteiger partial charge in [0.15, 0.2) is 5.65 Å². The molecule has 2 aromatic rings. The van der Waals surface area contributed by atoms with E-state index in [1.54, 1.807) is 0 Å². The van der Waals surface area contributed by atoms with Crippen molar-refractivity contribution in [3.8, 4) is 0 Å². The Labute approximate surface area is 124 Å². The number of ether oxygens (including phenoxy) is 1. The van der Waals surface area contributed by atoms with Crippen LogP contribution >= 0.6 is 0 Å². The van der Waals surface area contributed by atoms with Crippen LogP contribution in [-0.4, -0.2) is 54.0 Å². The van der Waals surface area contributed by atoms with Gasteiger partial charge in [-0.25, -0.2) is 0 Å². The van der Waals surface area contributed by atoms with Crippen LogP contribution < -0.4 is 10.2 Å². The quantitative estimate of drug-likeness (QED) is 0.894. The Morgan fingerprint density at radius 1 is 1.24 bits per heavy atom. The topological polar surface area (TPSA) is 54.7 Å². The van der Waals surface area contributed by atoms with Gasteiger partial charge in [0, 0.05) is 56.7 Å². The number of nitrogens with zero attached hydrogens (tertiary/aromatic N) is 4. The molecular weight excluding hydrogens is 266 g/mol. The number of aromatic nitrogens is 3. The highest BCUT2D eigenvalue weighted by Crippen LogP contribution is 2.25. The minimum Gasteiger partial charge on any atom is -0.381 e. The minimum atomic E-state index is 0.374. The molecule has 2 fully saturated rings. The predicted molar refractivity (Wildman–Crippen MR) is 80.9 cm³/mol. The summed E-state index contributed by atoms with van der Waals surface area (Å²) in [5.41, 5.74) is 2.18. The van der Waals surface area contributed by atoms with Gasteiger partial charge in [-0.05, 0) is 18.9 Å². The lowest BCUT2D eigenvalue weighted by atomic mass is 10.0. The summed E-state index contributed by atoms with van der Waals surface area (Å²) in [5.74, 6) is 1.41. The number of anilines is 1. The van der Waals surface area contributed by atoms with E-state index in [4.69, 9.17) is 4.74 Å². The number of pyridine rings is 1. The highest BCUT2D eigenvalue weighted by molar-refractivity contribution is 5.56. The van der Waals surface area contributed by atoms with E-state index in [0.717, 1.165) is 63.7 Å². The van der Waals surface area contributed by atoms with Crippen LogP contribution in [0.25, 0.3) is 5.65 Å². The van der Waals surface area contributed by atoms with Gasteiger partial charge < -0.3 is 15.0 Å². The van der Waals surface area contributed by atoms with Crippen molar-refractivity contribution in [2.24, 2.45) is 0 Å². The fourth-order valence-corrected chi connectivity index (χ4v) is 3.24. The molecule has 6 nitrogen and oxygen atoms in total. The first kappa shape index (κ1) is 13.0. The zero-order valence-corrected chi connectivity index (χ0v) is 12.2. The lowest BCUT2D eigenvalue weighted by Crippen LogP contribution is -2.43. The van der Waals surface area contributed by atoms with Crippen molar-refractivity contribution in [1.29, 1.82) is 0 Å². The van der Waals surface area contributed by atoms with E-state index in [9.17, 15) is 0 Å². The Morgan fingerprint density at radius 3 is 2.95 bits per heavy atom. The monoisotopic (exact) mass is 287 g/mol. The van der Waals surface area contributed by atoms with Crippen molar-refractivity contribution in [1.82, 2.24) is 19.9 Å². The molecule has 2 aliphatic heterocycles. The van der Waals surface area contributed by atoms with Gasteiger partial charge in [0.2, 0.25) is 0 Å². The number of hydrogen-bond donors (Lipinski definition) is 1. The number of hydrogen-bond acceptors (Lipinski definition) is 5. The Kier molecular flexibility index (Phi) is 3.48. The van der Waals surface area contributed by atoms with Gasteiger partial charge >= 0.3 is 0 Å². The summed E-state index contributed by atoms with van der Waals surface area (Å²) >= 11 is 0. The number of piperazine rings is 1. The molecule has 21 heavy (non-hydrogen) atoms. The van der Waals surface area contributed by atoms with Gasteiger partial charge in [-0.15, -0.1) is 10.2 Å². The molecule has 1 atom stereocenters. The van der Waals surface area contributed by atoms with Crippen LogP contribution in [-0.2, 0) is 4.74 Å². The standard InChI is InChI=1S/C15H21N5O/c1-2-12(11-21-9-1)15-18-17-14-10-13(3-6-20(14)15)19-7-4-16-5-8-19/h3,6,10,12,16H,1-2,4-5,7-9,11H2. The number of rotatable bonds is 2. The van der Waals surface area contributed by atoms with Crippen LogP contribution in [0.1, 0.15) is 24.6 Å². The average molecular weight is 287 g/mol. The van der Waals surface area contributed by atoms with Gasteiger partial charge in [-0.2, -0.15) is 0 Å². The van der Waals surface area contributed by atoms with Crippen LogP contribution in [0.4, 0.5) is 5.69 Å². The molecule has 0 bridgehead atoms. The van der Waals surface area contributed by atoms with Crippen molar-refractivity contribution in [3.05, 3.63) is 24.2 Å². The van der Waals surface area contributed by atoms with Gasteiger partial charge in [-0.1, -0.05) is 0 Å². The summed E-state index contributed by atoms with van der Waals surface area (Å²) in [6.45, 7) is 5.83. The molecule has 112 valence electrons. The second-order valence-electron chi connectivity index (χ2n) is 5.82. The summed E-state index contributed by atoms with van der Waals surface area (Å²) in [5, 5.41) is 12.2. The van der Waals surface area contributed by atoms with Crippen molar-refractivity contribution in [2.75, 3.05) is 44.3 Å². The number of fused-ring (bicyclic) bond motifs is 1. The Hall–Kier alpha value is -1.66. The molecule has 0 radical (unpaired) electrons. The first-order chi connectivity index (χ1) is 10.4. The number of nitrogens with one attached hydrogen (secondary N) is 1. The minimum absolute atomic E-state index is 0.374. The maximum Gasteiger partial charge on any atom is 0.162 e. The molecular formula is C15H21N5O. The first-order valence-electron chi connectivity index (χ1n) is 7.80. The summed E-state index contributed by atoms with van der Waals surface area (Å²) in [7, 11) is 0. The van der Waals surface area contributed by atoms with Gasteiger partial charge in [0.25, 0.3) is 0 Å². The van der Waals surface area contributed by atoms with Crippen LogP contribution in [0.2, 0.25) is 0 Å². The maximum atomic E-state index is 5.58. The van der Waals surface area contributed by atoms with Gasteiger partial charge in [0.1, 0.15) is 5.82 Å². The normalized spacial score (nSPS) is 23.6. The smallest absolute Gasteiger partial charge is 0.162 e. The predicted octanol–water partition coefficient (Wildman–Crippen LogP) is 1.03. The molecule has 4 rings (SSSR count). The third kappa shape index (κ3) is 2.49. The molecule has 0 saturated carbocycles. The third-order valence-electron chi connectivity index (χ3n) is 4.43. The third-order valence-corrected chi connectivity index (χ3v) is 4.43. The van der Waals surface area contributed by atoms with Crippen LogP contribution in [0.15, 0.2) is 18.3 Å². The van der Waals surface area contributed by atoms with E-state index in [2.05, 4.69) is 43.1 Å². The Balaban J connectivity index is 1.63. The molecule has 2 aromatic heterocycles. The van der Waals surface area contributed by atoms with Crippen molar-refractivity contribution < 1.29 is 4.74 Å². The fraction of sp³-hybridized carbons (Fsp3) is 0.600. The van der Waals surface area contributed by atoms with E-state index in [1.165, 1.54) is 5.69 Å². The molecule has 0 aromatic carbocycles. The molecule has 0 spiro atoms. The van der Waals surface area contributed by atoms with Gasteiger partial charge in [-0.3, -0.25) is 4.40 Å². The van der Waals surface area contributed by atoms with E-state index in [0.29, 0.717) is 5.92 Å². The van der Waals surface area contributed by atoms with E-state index < -0.39 is 0 Å². The maximum absolute atomic E-state index is 5.58. The zero-order valence-electron chi connectivity index (χ0n) is 12.2. The lowest BCUT2D eigenvalue weighted by Gasteiger charge is -2.29. The second kappa shape index (κ2) is 5.61. The van der Waals surface area contributed by atoms with Crippen molar-refractivity contribution in [2.45, 2.75) is 18.8 Å². The largest absolute Gasteiger partial charge is 0.381 e. The molecule has 2 aliphatic rings. The molecule has 0 aliphatic carbocycles. The van der Waals surface area contributed by atoms with Crippen molar-refractivity contribution >= 4 is 11.3 Å².